The molecule has 3 heterocycles. The Morgan fingerprint density at radius 1 is 1.04 bits per heavy atom. The maximum Gasteiger partial charge on any atom is 0.350 e. The standard InChI is InChI=1S/C36H42Cl2N8O4/c1-4-26(2)46-35(47)45(25-41-46)30-8-6-28(7-9-30)43-15-17-44(18-16-43)29-10-12-31(13-11-29)48-20-32-21-49-36(50-32,22-42(3)24-40-23-39)33-14-5-27(37)19-34(33)38/h5-14,19,23-26,32,39H,4,15-18,20-22H2,1-3H3. The predicted octanol–water partition coefficient (Wildman–Crippen LogP) is 5.85. The normalized spacial score (nSPS) is 20.0. The first-order valence-corrected chi connectivity index (χ1v) is 17.4. The minimum Gasteiger partial charge on any atom is -0.491 e. The number of rotatable bonds is 13. The van der Waals surface area contributed by atoms with Crippen LogP contribution in [0.3, 0.4) is 0 Å². The van der Waals surface area contributed by atoms with E-state index in [1.807, 2.05) is 45.2 Å². The number of nitrogens with zero attached hydrogens (tertiary/aromatic N) is 7. The van der Waals surface area contributed by atoms with Crippen molar-refractivity contribution in [3.63, 3.8) is 0 Å². The quantitative estimate of drug-likeness (QED) is 0.135. The van der Waals surface area contributed by atoms with Crippen LogP contribution in [0.25, 0.3) is 5.69 Å². The molecule has 1 aromatic heterocycles. The van der Waals surface area contributed by atoms with Crippen LogP contribution >= 0.6 is 23.2 Å². The Balaban J connectivity index is 1.02. The predicted molar refractivity (Wildman–Crippen MR) is 198 cm³/mol. The minimum atomic E-state index is -1.16. The molecule has 2 fully saturated rings. The molecule has 3 aromatic carbocycles. The van der Waals surface area contributed by atoms with E-state index in [1.54, 1.807) is 34.0 Å². The third-order valence-electron chi connectivity index (χ3n) is 9.11. The van der Waals surface area contributed by atoms with Gasteiger partial charge in [-0.25, -0.2) is 19.0 Å². The Kier molecular flexibility index (Phi) is 11.1. The molecule has 0 aliphatic carbocycles. The summed E-state index contributed by atoms with van der Waals surface area (Å²) >= 11 is 12.7. The second kappa shape index (κ2) is 15.7. The third kappa shape index (κ3) is 7.83. The first-order chi connectivity index (χ1) is 24.2. The monoisotopic (exact) mass is 720 g/mol. The smallest absolute Gasteiger partial charge is 0.350 e. The van der Waals surface area contributed by atoms with E-state index < -0.39 is 5.79 Å². The van der Waals surface area contributed by atoms with Crippen LogP contribution in [0.15, 0.2) is 82.8 Å². The lowest BCUT2D eigenvalue weighted by Gasteiger charge is -2.37. The summed E-state index contributed by atoms with van der Waals surface area (Å²) in [4.78, 5) is 23.2. The number of ether oxygens (including phenoxy) is 3. The third-order valence-corrected chi connectivity index (χ3v) is 9.66. The lowest BCUT2D eigenvalue weighted by atomic mass is 10.1. The molecule has 0 amide bonds. The molecular formula is C36H42Cl2N8O4. The van der Waals surface area contributed by atoms with Gasteiger partial charge in [-0.3, -0.25) is 5.41 Å². The van der Waals surface area contributed by atoms with Crippen LogP contribution in [0.4, 0.5) is 11.4 Å². The number of likely N-dealkylation sites (N-methyl/N-ethyl adjacent to an activating group) is 1. The average molecular weight is 722 g/mol. The van der Waals surface area contributed by atoms with Crippen molar-refractivity contribution < 1.29 is 14.2 Å². The van der Waals surface area contributed by atoms with Crippen molar-refractivity contribution in [2.75, 3.05) is 62.8 Å². The second-order valence-corrected chi connectivity index (χ2v) is 13.4. The number of hydrogen-bond donors (Lipinski definition) is 1. The fraction of sp³-hybridized carbons (Fsp3) is 0.389. The van der Waals surface area contributed by atoms with E-state index in [9.17, 15) is 4.79 Å². The highest BCUT2D eigenvalue weighted by Crippen LogP contribution is 2.40. The number of anilines is 2. The number of aliphatic imine (C=N–C) groups is 1. The molecule has 50 heavy (non-hydrogen) atoms. The molecule has 0 bridgehead atoms. The SMILES string of the molecule is CCC(C)n1ncn(-c2ccc(N3CCN(c4ccc(OCC5COC(CN(C)C=NC=N)(c6ccc(Cl)cc6Cl)O5)cc4)CC3)cc2)c1=O. The van der Waals surface area contributed by atoms with Crippen LogP contribution in [0, 0.1) is 5.41 Å². The van der Waals surface area contributed by atoms with Crippen molar-refractivity contribution in [3.05, 3.63) is 99.2 Å². The van der Waals surface area contributed by atoms with Gasteiger partial charge in [0, 0.05) is 55.2 Å². The summed E-state index contributed by atoms with van der Waals surface area (Å²) < 4.78 is 22.0. The summed E-state index contributed by atoms with van der Waals surface area (Å²) in [5, 5.41) is 12.4. The maximum absolute atomic E-state index is 12.8. The Hall–Kier alpha value is -4.36. The highest BCUT2D eigenvalue weighted by molar-refractivity contribution is 6.35. The molecule has 6 rings (SSSR count). The highest BCUT2D eigenvalue weighted by atomic mass is 35.5. The molecule has 2 aliphatic rings. The van der Waals surface area contributed by atoms with E-state index >= 15 is 0 Å². The highest BCUT2D eigenvalue weighted by Gasteiger charge is 2.45. The summed E-state index contributed by atoms with van der Waals surface area (Å²) in [5.74, 6) is -0.425. The van der Waals surface area contributed by atoms with Crippen LogP contribution < -0.4 is 20.2 Å². The van der Waals surface area contributed by atoms with E-state index in [4.69, 9.17) is 42.8 Å². The Bertz CT molecular complexity index is 1840. The number of benzene rings is 3. The van der Waals surface area contributed by atoms with Crippen LogP contribution in [-0.4, -0.2) is 91.0 Å². The van der Waals surface area contributed by atoms with E-state index in [-0.39, 0.29) is 24.4 Å². The van der Waals surface area contributed by atoms with Gasteiger partial charge in [0.25, 0.3) is 0 Å². The fourth-order valence-electron chi connectivity index (χ4n) is 6.23. The molecule has 0 saturated carbocycles. The lowest BCUT2D eigenvalue weighted by molar-refractivity contribution is -0.184. The molecule has 1 N–H and O–H groups in total. The Morgan fingerprint density at radius 3 is 2.30 bits per heavy atom. The van der Waals surface area contributed by atoms with Crippen LogP contribution in [0.5, 0.6) is 5.75 Å². The van der Waals surface area contributed by atoms with Gasteiger partial charge in [0.05, 0.1) is 36.2 Å². The molecule has 4 aromatic rings. The number of piperazine rings is 1. The van der Waals surface area contributed by atoms with E-state index in [1.165, 1.54) is 11.0 Å². The Labute approximate surface area is 301 Å². The largest absolute Gasteiger partial charge is 0.491 e. The first kappa shape index (κ1) is 35.5. The maximum atomic E-state index is 12.8. The summed E-state index contributed by atoms with van der Waals surface area (Å²) in [6, 6.07) is 21.5. The zero-order valence-corrected chi connectivity index (χ0v) is 29.9. The van der Waals surface area contributed by atoms with Gasteiger partial charge in [-0.05, 0) is 74.0 Å². The molecule has 2 saturated heterocycles. The molecule has 0 radical (unpaired) electrons. The first-order valence-electron chi connectivity index (χ1n) is 16.7. The van der Waals surface area contributed by atoms with E-state index in [0.717, 1.165) is 61.8 Å². The van der Waals surface area contributed by atoms with Crippen LogP contribution in [0.1, 0.15) is 31.9 Å². The van der Waals surface area contributed by atoms with Crippen LogP contribution in [0.2, 0.25) is 10.0 Å². The number of hydrogen-bond acceptors (Lipinski definition) is 8. The molecule has 3 atom stereocenters. The average Bonchev–Trinajstić information content (AvgIpc) is 3.73. The second-order valence-electron chi connectivity index (χ2n) is 12.5. The Morgan fingerprint density at radius 2 is 1.68 bits per heavy atom. The van der Waals surface area contributed by atoms with Crippen molar-refractivity contribution in [1.82, 2.24) is 19.2 Å². The van der Waals surface area contributed by atoms with Crippen molar-refractivity contribution in [3.8, 4) is 11.4 Å². The van der Waals surface area contributed by atoms with Gasteiger partial charge in [0.2, 0.25) is 5.79 Å². The van der Waals surface area contributed by atoms with Gasteiger partial charge >= 0.3 is 5.69 Å². The molecular weight excluding hydrogens is 679 g/mol. The molecule has 3 unspecified atom stereocenters. The van der Waals surface area contributed by atoms with E-state index in [2.05, 4.69) is 44.2 Å². The van der Waals surface area contributed by atoms with Gasteiger partial charge in [0.1, 0.15) is 31.1 Å². The van der Waals surface area contributed by atoms with Crippen molar-refractivity contribution in [2.45, 2.75) is 38.2 Å². The van der Waals surface area contributed by atoms with Gasteiger partial charge < -0.3 is 28.9 Å². The number of halogens is 2. The molecule has 264 valence electrons. The van der Waals surface area contributed by atoms with Crippen LogP contribution in [-0.2, 0) is 15.3 Å². The topological polar surface area (TPSA) is 113 Å². The molecule has 12 nitrogen and oxygen atoms in total. The number of nitrogens with one attached hydrogen (secondary N) is 1. The van der Waals surface area contributed by atoms with Crippen molar-refractivity contribution in [1.29, 1.82) is 5.41 Å². The van der Waals surface area contributed by atoms with E-state index in [0.29, 0.717) is 28.8 Å². The lowest BCUT2D eigenvalue weighted by Crippen LogP contribution is -2.46. The van der Waals surface area contributed by atoms with Gasteiger partial charge in [-0.2, -0.15) is 5.10 Å². The summed E-state index contributed by atoms with van der Waals surface area (Å²) in [6.07, 6.45) is 4.59. The summed E-state index contributed by atoms with van der Waals surface area (Å²) in [7, 11) is 1.82. The number of aromatic nitrogens is 3. The van der Waals surface area contributed by atoms with Crippen molar-refractivity contribution >= 4 is 47.3 Å². The van der Waals surface area contributed by atoms with Crippen molar-refractivity contribution in [2.24, 2.45) is 4.99 Å². The molecule has 0 spiro atoms. The summed E-state index contributed by atoms with van der Waals surface area (Å²) in [6.45, 7) is 8.45. The van der Waals surface area contributed by atoms with Gasteiger partial charge in [-0.1, -0.05) is 36.2 Å². The zero-order valence-electron chi connectivity index (χ0n) is 28.4. The molecule has 14 heteroatoms. The zero-order chi connectivity index (χ0) is 35.3. The van der Waals surface area contributed by atoms with Gasteiger partial charge in [-0.15, -0.1) is 0 Å². The van der Waals surface area contributed by atoms with Gasteiger partial charge in [0.15, 0.2) is 0 Å². The minimum absolute atomic E-state index is 0.0613. The summed E-state index contributed by atoms with van der Waals surface area (Å²) in [5.41, 5.74) is 3.61. The molecule has 2 aliphatic heterocycles. The fourth-order valence-corrected chi connectivity index (χ4v) is 6.78.